The number of benzene rings is 2. The van der Waals surface area contributed by atoms with Crippen LogP contribution in [0.2, 0.25) is 5.02 Å². The van der Waals surface area contributed by atoms with Crippen LogP contribution in [0.4, 0.5) is 17.1 Å². The van der Waals surface area contributed by atoms with E-state index in [4.69, 9.17) is 22.6 Å². The summed E-state index contributed by atoms with van der Waals surface area (Å²) in [5.74, 6) is -0.617. The van der Waals surface area contributed by atoms with Crippen molar-refractivity contribution in [3.8, 4) is 11.8 Å². The molecule has 0 saturated heterocycles. The van der Waals surface area contributed by atoms with Crippen molar-refractivity contribution in [2.24, 2.45) is 0 Å². The quantitative estimate of drug-likeness (QED) is 0.294. The summed E-state index contributed by atoms with van der Waals surface area (Å²) in [6.07, 6.45) is 1.21. The first-order valence-electron chi connectivity index (χ1n) is 6.93. The number of rotatable bonds is 4. The van der Waals surface area contributed by atoms with Gasteiger partial charge >= 0.3 is 0 Å². The Hall–Kier alpha value is -3.17. The van der Waals surface area contributed by atoms with Gasteiger partial charge in [0.2, 0.25) is 0 Å². The lowest BCUT2D eigenvalue weighted by Gasteiger charge is -2.08. The molecule has 0 fully saturated rings. The molecule has 0 heterocycles. The van der Waals surface area contributed by atoms with Crippen molar-refractivity contribution in [1.82, 2.24) is 0 Å². The summed E-state index contributed by atoms with van der Waals surface area (Å²) in [7, 11) is 0. The van der Waals surface area contributed by atoms with E-state index in [1.165, 1.54) is 12.3 Å². The van der Waals surface area contributed by atoms with Gasteiger partial charge in [0.1, 0.15) is 17.4 Å². The molecule has 2 aromatic rings. The number of aryl methyl sites for hydroxylation is 1. The van der Waals surface area contributed by atoms with E-state index in [1.807, 2.05) is 6.92 Å². The molecule has 0 unspecified atom stereocenters. The first-order valence-corrected chi connectivity index (χ1v) is 7.31. The van der Waals surface area contributed by atoms with Crippen molar-refractivity contribution in [2.75, 3.05) is 16.4 Å². The summed E-state index contributed by atoms with van der Waals surface area (Å²) < 4.78 is 0. The first-order chi connectivity index (χ1) is 11.4. The van der Waals surface area contributed by atoms with Crippen molar-refractivity contribution in [1.29, 1.82) is 5.26 Å². The van der Waals surface area contributed by atoms with Crippen LogP contribution in [-0.2, 0) is 4.79 Å². The standard InChI is InChI=1S/C17H15ClN4O2/c1-10-2-4-15(16(23)6-10)21-9-11(8-19)17(24)22-14-5-3-12(20)7-13(14)18/h2-7,9,21,23H,20H2,1H3,(H,22,24)/b11-9-. The number of halogens is 1. The number of phenolic OH excluding ortho intramolecular Hbond substituents is 1. The minimum atomic E-state index is -0.636. The Kier molecular flexibility index (Phi) is 5.30. The van der Waals surface area contributed by atoms with Crippen molar-refractivity contribution in [3.63, 3.8) is 0 Å². The molecule has 0 bridgehead atoms. The van der Waals surface area contributed by atoms with Gasteiger partial charge in [0.05, 0.1) is 16.4 Å². The third kappa shape index (κ3) is 4.18. The number of nitrogens with two attached hydrogens (primary N) is 1. The number of nitrogen functional groups attached to an aromatic ring is 1. The molecule has 0 aliphatic heterocycles. The van der Waals surface area contributed by atoms with Gasteiger partial charge in [-0.1, -0.05) is 17.7 Å². The van der Waals surface area contributed by atoms with Gasteiger partial charge < -0.3 is 21.5 Å². The molecule has 7 heteroatoms. The molecule has 5 N–H and O–H groups in total. The fourth-order valence-electron chi connectivity index (χ4n) is 1.88. The Morgan fingerprint density at radius 2 is 2.00 bits per heavy atom. The molecule has 24 heavy (non-hydrogen) atoms. The number of carbonyl (C=O) groups is 1. The second-order valence-electron chi connectivity index (χ2n) is 5.03. The van der Waals surface area contributed by atoms with Gasteiger partial charge in [-0.3, -0.25) is 4.79 Å². The number of nitrogens with one attached hydrogen (secondary N) is 2. The lowest BCUT2D eigenvalue weighted by Crippen LogP contribution is -2.15. The number of hydrogen-bond donors (Lipinski definition) is 4. The number of aromatic hydroxyl groups is 1. The van der Waals surface area contributed by atoms with Crippen LogP contribution in [0, 0.1) is 18.3 Å². The molecule has 0 aliphatic rings. The van der Waals surface area contributed by atoms with Gasteiger partial charge in [0.15, 0.2) is 0 Å². The van der Waals surface area contributed by atoms with Crippen molar-refractivity contribution in [2.45, 2.75) is 6.92 Å². The zero-order valence-electron chi connectivity index (χ0n) is 12.8. The molecular weight excluding hydrogens is 328 g/mol. The van der Waals surface area contributed by atoms with E-state index in [-0.39, 0.29) is 16.3 Å². The molecule has 0 aromatic heterocycles. The minimum Gasteiger partial charge on any atom is -0.506 e. The Morgan fingerprint density at radius 1 is 1.29 bits per heavy atom. The second kappa shape index (κ2) is 7.40. The average Bonchev–Trinajstić information content (AvgIpc) is 2.52. The number of nitrogens with zero attached hydrogens (tertiary/aromatic N) is 1. The zero-order chi connectivity index (χ0) is 17.7. The fourth-order valence-corrected chi connectivity index (χ4v) is 2.12. The highest BCUT2D eigenvalue weighted by atomic mass is 35.5. The molecule has 0 aliphatic carbocycles. The van der Waals surface area contributed by atoms with Crippen molar-refractivity contribution in [3.05, 3.63) is 58.8 Å². The predicted molar refractivity (Wildman–Crippen MR) is 94.7 cm³/mol. The van der Waals surface area contributed by atoms with Crippen LogP contribution >= 0.6 is 11.6 Å². The van der Waals surface area contributed by atoms with Gasteiger partial charge in [-0.15, -0.1) is 0 Å². The monoisotopic (exact) mass is 342 g/mol. The zero-order valence-corrected chi connectivity index (χ0v) is 13.6. The molecular formula is C17H15ClN4O2. The number of phenols is 1. The van der Waals surface area contributed by atoms with Crippen molar-refractivity contribution >= 4 is 34.6 Å². The van der Waals surface area contributed by atoms with Crippen LogP contribution in [-0.4, -0.2) is 11.0 Å². The Labute approximate surface area is 144 Å². The second-order valence-corrected chi connectivity index (χ2v) is 5.44. The van der Waals surface area contributed by atoms with E-state index in [0.717, 1.165) is 5.56 Å². The molecule has 6 nitrogen and oxygen atoms in total. The molecule has 1 amide bonds. The van der Waals surface area contributed by atoms with Gasteiger partial charge in [0.25, 0.3) is 5.91 Å². The maximum Gasteiger partial charge on any atom is 0.267 e. The molecule has 2 rings (SSSR count). The predicted octanol–water partition coefficient (Wildman–Crippen LogP) is 3.39. The van der Waals surface area contributed by atoms with Crippen LogP contribution in [0.5, 0.6) is 5.75 Å². The number of carbonyl (C=O) groups excluding carboxylic acids is 1. The molecule has 0 atom stereocenters. The van der Waals surface area contributed by atoms with Crippen LogP contribution in [0.15, 0.2) is 48.2 Å². The Morgan fingerprint density at radius 3 is 2.62 bits per heavy atom. The third-order valence-corrected chi connectivity index (χ3v) is 3.44. The average molecular weight is 343 g/mol. The maximum absolute atomic E-state index is 12.1. The summed E-state index contributed by atoms with van der Waals surface area (Å²) in [6.45, 7) is 1.84. The highest BCUT2D eigenvalue weighted by molar-refractivity contribution is 6.34. The summed E-state index contributed by atoms with van der Waals surface area (Å²) in [4.78, 5) is 12.1. The van der Waals surface area contributed by atoms with Crippen LogP contribution in [0.3, 0.4) is 0 Å². The number of nitriles is 1. The van der Waals surface area contributed by atoms with E-state index in [2.05, 4.69) is 10.6 Å². The first kappa shape index (κ1) is 17.2. The lowest BCUT2D eigenvalue weighted by atomic mass is 10.2. The lowest BCUT2D eigenvalue weighted by molar-refractivity contribution is -0.112. The maximum atomic E-state index is 12.1. The normalized spacial score (nSPS) is 10.8. The summed E-state index contributed by atoms with van der Waals surface area (Å²) in [5.41, 5.74) is 7.48. The molecule has 0 spiro atoms. The van der Waals surface area contributed by atoms with E-state index in [9.17, 15) is 9.90 Å². The number of hydrogen-bond acceptors (Lipinski definition) is 5. The SMILES string of the molecule is Cc1ccc(N/C=C(/C#N)C(=O)Nc2ccc(N)cc2Cl)c(O)c1. The van der Waals surface area contributed by atoms with E-state index < -0.39 is 5.91 Å². The van der Waals surface area contributed by atoms with Gasteiger partial charge in [-0.05, 0) is 42.8 Å². The smallest absolute Gasteiger partial charge is 0.267 e. The third-order valence-electron chi connectivity index (χ3n) is 3.13. The molecule has 122 valence electrons. The van der Waals surface area contributed by atoms with E-state index in [1.54, 1.807) is 36.4 Å². The Bertz CT molecular complexity index is 856. The van der Waals surface area contributed by atoms with Gasteiger partial charge in [-0.25, -0.2) is 0 Å². The van der Waals surface area contributed by atoms with E-state index in [0.29, 0.717) is 17.1 Å². The van der Waals surface area contributed by atoms with Gasteiger partial charge in [0, 0.05) is 11.9 Å². The molecule has 0 radical (unpaired) electrons. The van der Waals surface area contributed by atoms with Gasteiger partial charge in [-0.2, -0.15) is 5.26 Å². The van der Waals surface area contributed by atoms with E-state index >= 15 is 0 Å². The fraction of sp³-hybridized carbons (Fsp3) is 0.0588. The summed E-state index contributed by atoms with van der Waals surface area (Å²) in [6, 6.07) is 11.4. The van der Waals surface area contributed by atoms with Crippen LogP contribution < -0.4 is 16.4 Å². The highest BCUT2D eigenvalue weighted by Crippen LogP contribution is 2.25. The largest absolute Gasteiger partial charge is 0.506 e. The molecule has 0 saturated carbocycles. The number of anilines is 3. The minimum absolute atomic E-state index is 0.0190. The summed E-state index contributed by atoms with van der Waals surface area (Å²) in [5, 5.41) is 24.5. The topological polar surface area (TPSA) is 111 Å². The van der Waals surface area contributed by atoms with Crippen LogP contribution in [0.25, 0.3) is 0 Å². The van der Waals surface area contributed by atoms with Crippen LogP contribution in [0.1, 0.15) is 5.56 Å². The highest BCUT2D eigenvalue weighted by Gasteiger charge is 2.12. The molecule has 2 aromatic carbocycles. The Balaban J connectivity index is 2.15. The summed E-state index contributed by atoms with van der Waals surface area (Å²) >= 11 is 5.98. The number of amides is 1. The van der Waals surface area contributed by atoms with Crippen molar-refractivity contribution < 1.29 is 9.90 Å².